The van der Waals surface area contributed by atoms with E-state index in [0.29, 0.717) is 11.3 Å². The first-order valence-corrected chi connectivity index (χ1v) is 9.28. The summed E-state index contributed by atoms with van der Waals surface area (Å²) in [4.78, 5) is 12.1. The van der Waals surface area contributed by atoms with Gasteiger partial charge in [-0.2, -0.15) is 0 Å². The van der Waals surface area contributed by atoms with Crippen molar-refractivity contribution in [2.24, 2.45) is 0 Å². The predicted octanol–water partition coefficient (Wildman–Crippen LogP) is 3.47. The van der Waals surface area contributed by atoms with Crippen LogP contribution in [-0.2, 0) is 10.0 Å². The normalized spacial score (nSPS) is 11.3. The zero-order valence-corrected chi connectivity index (χ0v) is 13.4. The molecule has 1 aromatic carbocycles. The molecule has 1 heterocycles. The summed E-state index contributed by atoms with van der Waals surface area (Å²) in [6.45, 7) is 1.52. The molecule has 0 atom stereocenters. The second kappa shape index (κ2) is 5.99. The molecule has 0 fully saturated rings. The van der Waals surface area contributed by atoms with Gasteiger partial charge in [0, 0.05) is 15.8 Å². The maximum Gasteiger partial charge on any atom is 0.229 e. The van der Waals surface area contributed by atoms with Crippen LogP contribution in [0, 0.1) is 0 Å². The number of hydrogen-bond donors (Lipinski definition) is 1. The molecule has 0 saturated heterocycles. The number of carbonyl (C=O) groups excluding carboxylic acids is 1. The van der Waals surface area contributed by atoms with Crippen LogP contribution in [0.4, 0.5) is 5.69 Å². The molecule has 0 aliphatic rings. The molecular weight excluding hydrogens is 314 g/mol. The van der Waals surface area contributed by atoms with Gasteiger partial charge in [0.2, 0.25) is 10.0 Å². The van der Waals surface area contributed by atoms with Crippen molar-refractivity contribution in [3.8, 4) is 0 Å². The van der Waals surface area contributed by atoms with Gasteiger partial charge in [0.15, 0.2) is 5.78 Å². The number of carbonyl (C=O) groups is 1. The van der Waals surface area contributed by atoms with Gasteiger partial charge in [0.1, 0.15) is 0 Å². The summed E-state index contributed by atoms with van der Waals surface area (Å²) >= 11 is 2.90. The fourth-order valence-electron chi connectivity index (χ4n) is 1.50. The minimum Gasteiger partial charge on any atom is -0.294 e. The van der Waals surface area contributed by atoms with Crippen LogP contribution in [0.1, 0.15) is 17.3 Å². The van der Waals surface area contributed by atoms with E-state index >= 15 is 0 Å². The molecule has 0 aliphatic heterocycles. The Bertz CT molecular complexity index is 735. The minimum absolute atomic E-state index is 0.0237. The van der Waals surface area contributed by atoms with Gasteiger partial charge in [-0.3, -0.25) is 9.52 Å². The summed E-state index contributed by atoms with van der Waals surface area (Å²) in [5.74, 6) is 0.0237. The van der Waals surface area contributed by atoms with Crippen molar-refractivity contribution in [3.05, 3.63) is 41.3 Å². The van der Waals surface area contributed by atoms with E-state index in [0.717, 1.165) is 15.4 Å². The van der Waals surface area contributed by atoms with Crippen molar-refractivity contribution in [1.82, 2.24) is 0 Å². The SMILES string of the molecule is CC(=O)c1csc(Sc2ccccc2NS(C)(=O)=O)c1. The molecule has 20 heavy (non-hydrogen) atoms. The Hall–Kier alpha value is -1.31. The summed E-state index contributed by atoms with van der Waals surface area (Å²) in [6, 6.07) is 8.98. The molecule has 0 amide bonds. The number of benzene rings is 1. The van der Waals surface area contributed by atoms with E-state index in [-0.39, 0.29) is 5.78 Å². The summed E-state index contributed by atoms with van der Waals surface area (Å²) in [5, 5.41) is 1.80. The monoisotopic (exact) mass is 327 g/mol. The molecule has 4 nitrogen and oxygen atoms in total. The molecule has 0 saturated carbocycles. The van der Waals surface area contributed by atoms with Crippen LogP contribution in [0.15, 0.2) is 44.8 Å². The zero-order chi connectivity index (χ0) is 14.8. The van der Waals surface area contributed by atoms with Crippen LogP contribution in [-0.4, -0.2) is 20.5 Å². The van der Waals surface area contributed by atoms with E-state index in [1.807, 2.05) is 18.2 Å². The van der Waals surface area contributed by atoms with E-state index in [4.69, 9.17) is 0 Å². The number of thiophene rings is 1. The lowest BCUT2D eigenvalue weighted by atomic mass is 10.2. The molecule has 7 heteroatoms. The molecule has 0 radical (unpaired) electrons. The van der Waals surface area contributed by atoms with E-state index in [1.165, 1.54) is 30.0 Å². The van der Waals surface area contributed by atoms with E-state index in [2.05, 4.69) is 4.72 Å². The number of hydrogen-bond acceptors (Lipinski definition) is 5. The maximum atomic E-state index is 11.3. The zero-order valence-electron chi connectivity index (χ0n) is 10.9. The Labute approximate surface area is 126 Å². The van der Waals surface area contributed by atoms with Crippen LogP contribution in [0.25, 0.3) is 0 Å². The standard InChI is InChI=1S/C13H13NO3S3/c1-9(15)10-7-13(18-8-10)19-12-6-4-3-5-11(12)14-20(2,16)17/h3-8,14H,1-2H3. The van der Waals surface area contributed by atoms with Crippen LogP contribution in [0.5, 0.6) is 0 Å². The second-order valence-corrected chi connectivity index (χ2v) is 8.18. The van der Waals surface area contributed by atoms with Crippen LogP contribution < -0.4 is 4.72 Å². The second-order valence-electron chi connectivity index (χ2n) is 4.18. The summed E-state index contributed by atoms with van der Waals surface area (Å²) in [6.07, 6.45) is 1.12. The molecule has 0 spiro atoms. The molecular formula is C13H13NO3S3. The largest absolute Gasteiger partial charge is 0.294 e. The van der Waals surface area contributed by atoms with Crippen LogP contribution >= 0.6 is 23.1 Å². The van der Waals surface area contributed by atoms with Crippen molar-refractivity contribution in [2.75, 3.05) is 11.0 Å². The van der Waals surface area contributed by atoms with Gasteiger partial charge in [-0.05, 0) is 25.1 Å². The molecule has 0 aliphatic carbocycles. The average Bonchev–Trinajstić information content (AvgIpc) is 2.78. The first kappa shape index (κ1) is 15.1. The highest BCUT2D eigenvalue weighted by atomic mass is 32.2. The van der Waals surface area contributed by atoms with Gasteiger partial charge in [-0.15, -0.1) is 11.3 Å². The quantitative estimate of drug-likeness (QED) is 0.854. The highest BCUT2D eigenvalue weighted by Crippen LogP contribution is 2.37. The number of anilines is 1. The Kier molecular flexibility index (Phi) is 4.52. The maximum absolute atomic E-state index is 11.3. The van der Waals surface area contributed by atoms with Crippen LogP contribution in [0.3, 0.4) is 0 Å². The third kappa shape index (κ3) is 4.09. The summed E-state index contributed by atoms with van der Waals surface area (Å²) < 4.78 is 26.1. The molecule has 2 rings (SSSR count). The molecule has 1 aromatic heterocycles. The fraction of sp³-hybridized carbons (Fsp3) is 0.154. The van der Waals surface area contributed by atoms with Crippen molar-refractivity contribution >= 4 is 44.6 Å². The van der Waals surface area contributed by atoms with Crippen molar-refractivity contribution < 1.29 is 13.2 Å². The van der Waals surface area contributed by atoms with Crippen molar-refractivity contribution in [2.45, 2.75) is 16.0 Å². The third-order valence-corrected chi connectivity index (χ3v) is 5.12. The Morgan fingerprint density at radius 3 is 2.60 bits per heavy atom. The number of nitrogens with one attached hydrogen (secondary N) is 1. The van der Waals surface area contributed by atoms with Crippen molar-refractivity contribution in [1.29, 1.82) is 0 Å². The number of Topliss-reactive ketones (excluding diaryl/α,β-unsaturated/α-hetero) is 1. The number of sulfonamides is 1. The summed E-state index contributed by atoms with van der Waals surface area (Å²) in [7, 11) is -3.31. The third-order valence-electron chi connectivity index (χ3n) is 2.37. The molecule has 1 N–H and O–H groups in total. The molecule has 0 unspecified atom stereocenters. The number of rotatable bonds is 5. The van der Waals surface area contributed by atoms with Gasteiger partial charge >= 0.3 is 0 Å². The lowest BCUT2D eigenvalue weighted by molar-refractivity contribution is 0.101. The number of para-hydroxylation sites is 1. The lowest BCUT2D eigenvalue weighted by Gasteiger charge is -2.08. The minimum atomic E-state index is -3.31. The van der Waals surface area contributed by atoms with Gasteiger partial charge in [0.25, 0.3) is 0 Å². The van der Waals surface area contributed by atoms with Gasteiger partial charge in [-0.1, -0.05) is 23.9 Å². The highest BCUT2D eigenvalue weighted by Gasteiger charge is 2.10. The van der Waals surface area contributed by atoms with Crippen LogP contribution in [0.2, 0.25) is 0 Å². The first-order valence-electron chi connectivity index (χ1n) is 5.69. The van der Waals surface area contributed by atoms with E-state index in [1.54, 1.807) is 17.5 Å². The van der Waals surface area contributed by atoms with Crippen molar-refractivity contribution in [3.63, 3.8) is 0 Å². The van der Waals surface area contributed by atoms with E-state index in [9.17, 15) is 13.2 Å². The Balaban J connectivity index is 2.26. The summed E-state index contributed by atoms with van der Waals surface area (Å²) in [5.41, 5.74) is 1.21. The molecule has 106 valence electrons. The fourth-order valence-corrected chi connectivity index (χ4v) is 4.20. The average molecular weight is 327 g/mol. The molecule has 2 aromatic rings. The van der Waals surface area contributed by atoms with Gasteiger partial charge < -0.3 is 0 Å². The Morgan fingerprint density at radius 2 is 2.00 bits per heavy atom. The van der Waals surface area contributed by atoms with Gasteiger partial charge in [0.05, 0.1) is 16.2 Å². The van der Waals surface area contributed by atoms with E-state index < -0.39 is 10.0 Å². The lowest BCUT2D eigenvalue weighted by Crippen LogP contribution is -2.10. The smallest absolute Gasteiger partial charge is 0.229 e. The highest BCUT2D eigenvalue weighted by molar-refractivity contribution is 8.01. The predicted molar refractivity (Wildman–Crippen MR) is 83.4 cm³/mol. The first-order chi connectivity index (χ1) is 9.35. The van der Waals surface area contributed by atoms with Gasteiger partial charge in [-0.25, -0.2) is 8.42 Å². The molecule has 0 bridgehead atoms. The topological polar surface area (TPSA) is 63.2 Å². The number of ketones is 1. The Morgan fingerprint density at radius 1 is 1.30 bits per heavy atom.